The van der Waals surface area contributed by atoms with Crippen molar-refractivity contribution in [2.45, 2.75) is 44.2 Å². The van der Waals surface area contributed by atoms with E-state index in [1.54, 1.807) is 25.3 Å². The third-order valence-corrected chi connectivity index (χ3v) is 6.62. The molecule has 2 heterocycles. The molecule has 2 fully saturated rings. The molecule has 1 aliphatic carbocycles. The van der Waals surface area contributed by atoms with Crippen molar-refractivity contribution < 1.29 is 23.8 Å². The van der Waals surface area contributed by atoms with Gasteiger partial charge < -0.3 is 19.6 Å². The van der Waals surface area contributed by atoms with Crippen LogP contribution in [0.2, 0.25) is 0 Å². The second-order valence-electron chi connectivity index (χ2n) is 8.31. The number of aromatic carboxylic acids is 1. The Morgan fingerprint density at radius 2 is 1.93 bits per heavy atom. The standard InChI is InChI=1S/C22H28N2O5/c1-24-10-9-17(13-3-6-16(28-2)7-4-13)20(24)21(25)23-15-5-8-18-14(11-15)12-19(29-18)22(26)27/h5,8,11-13,16-17,20H,3-4,6-7,9-10H2,1-2H3,(H,23,25)(H,26,27). The number of furan rings is 1. The van der Waals surface area contributed by atoms with Crippen molar-refractivity contribution in [2.75, 3.05) is 26.0 Å². The van der Waals surface area contributed by atoms with E-state index in [1.165, 1.54) is 6.07 Å². The Hall–Kier alpha value is -2.38. The summed E-state index contributed by atoms with van der Waals surface area (Å²) in [5.74, 6) is -0.299. The van der Waals surface area contributed by atoms with Crippen LogP contribution in [0.1, 0.15) is 42.7 Å². The highest BCUT2D eigenvalue weighted by Crippen LogP contribution is 2.39. The molecule has 1 saturated heterocycles. The Morgan fingerprint density at radius 1 is 1.17 bits per heavy atom. The van der Waals surface area contributed by atoms with Crippen LogP contribution in [0, 0.1) is 11.8 Å². The number of carboxylic acid groups (broad SMARTS) is 1. The molecule has 0 spiro atoms. The molecule has 0 radical (unpaired) electrons. The van der Waals surface area contributed by atoms with Gasteiger partial charge in [0.1, 0.15) is 5.58 Å². The number of benzene rings is 1. The molecule has 2 aromatic rings. The van der Waals surface area contributed by atoms with Crippen LogP contribution in [0.3, 0.4) is 0 Å². The third kappa shape index (κ3) is 4.02. The normalized spacial score (nSPS) is 27.9. The van der Waals surface area contributed by atoms with Gasteiger partial charge in [-0.05, 0) is 81.8 Å². The number of amides is 1. The largest absolute Gasteiger partial charge is 0.475 e. The predicted molar refractivity (Wildman–Crippen MR) is 109 cm³/mol. The summed E-state index contributed by atoms with van der Waals surface area (Å²) in [4.78, 5) is 26.4. The number of carbonyl (C=O) groups excluding carboxylic acids is 1. The number of ether oxygens (including phenoxy) is 1. The lowest BCUT2D eigenvalue weighted by Gasteiger charge is -2.34. The van der Waals surface area contributed by atoms with Crippen molar-refractivity contribution in [1.82, 2.24) is 4.90 Å². The molecule has 4 rings (SSSR count). The monoisotopic (exact) mass is 400 g/mol. The zero-order valence-electron chi connectivity index (χ0n) is 16.9. The summed E-state index contributed by atoms with van der Waals surface area (Å²) < 4.78 is 10.8. The lowest BCUT2D eigenvalue weighted by Crippen LogP contribution is -2.43. The second-order valence-corrected chi connectivity index (χ2v) is 8.31. The van der Waals surface area contributed by atoms with E-state index in [-0.39, 0.29) is 17.7 Å². The number of nitrogens with zero attached hydrogens (tertiary/aromatic N) is 1. The molecule has 29 heavy (non-hydrogen) atoms. The van der Waals surface area contributed by atoms with Crippen molar-refractivity contribution in [3.05, 3.63) is 30.0 Å². The summed E-state index contributed by atoms with van der Waals surface area (Å²) in [5, 5.41) is 12.8. The first kappa shape index (κ1) is 19.9. The van der Waals surface area contributed by atoms with Gasteiger partial charge in [0.2, 0.25) is 11.7 Å². The van der Waals surface area contributed by atoms with Crippen molar-refractivity contribution in [2.24, 2.45) is 11.8 Å². The Kier molecular flexibility index (Phi) is 5.61. The Bertz CT molecular complexity index is 900. The Labute approximate surface area is 170 Å². The van der Waals surface area contributed by atoms with Crippen LogP contribution in [-0.2, 0) is 9.53 Å². The van der Waals surface area contributed by atoms with Gasteiger partial charge in [-0.2, -0.15) is 0 Å². The topological polar surface area (TPSA) is 92.0 Å². The molecular formula is C22H28N2O5. The van der Waals surface area contributed by atoms with Crippen LogP contribution >= 0.6 is 0 Å². The maximum Gasteiger partial charge on any atom is 0.371 e. The maximum absolute atomic E-state index is 13.2. The second kappa shape index (κ2) is 8.16. The average molecular weight is 400 g/mol. The molecule has 1 saturated carbocycles. The Morgan fingerprint density at radius 3 is 2.62 bits per heavy atom. The van der Waals surface area contributed by atoms with Crippen LogP contribution in [0.15, 0.2) is 28.7 Å². The number of methoxy groups -OCH3 is 1. The van der Waals surface area contributed by atoms with Gasteiger partial charge in [-0.15, -0.1) is 0 Å². The molecule has 2 N–H and O–H groups in total. The van der Waals surface area contributed by atoms with Gasteiger partial charge >= 0.3 is 5.97 Å². The molecule has 2 aliphatic rings. The van der Waals surface area contributed by atoms with Gasteiger partial charge in [-0.3, -0.25) is 9.69 Å². The number of carbonyl (C=O) groups is 2. The number of rotatable bonds is 5. The Balaban J connectivity index is 1.47. The summed E-state index contributed by atoms with van der Waals surface area (Å²) in [6.07, 6.45) is 5.76. The van der Waals surface area contributed by atoms with E-state index in [1.807, 2.05) is 7.05 Å². The molecule has 2 unspecified atom stereocenters. The minimum absolute atomic E-state index is 0.00479. The lowest BCUT2D eigenvalue weighted by atomic mass is 9.75. The van der Waals surface area contributed by atoms with Gasteiger partial charge in [0.05, 0.1) is 12.1 Å². The van der Waals surface area contributed by atoms with E-state index in [9.17, 15) is 9.59 Å². The lowest BCUT2D eigenvalue weighted by molar-refractivity contribution is -0.121. The minimum Gasteiger partial charge on any atom is -0.475 e. The number of likely N-dealkylation sites (N-methyl/N-ethyl adjacent to an activating group) is 1. The van der Waals surface area contributed by atoms with Crippen LogP contribution in [-0.4, -0.2) is 54.7 Å². The van der Waals surface area contributed by atoms with Gasteiger partial charge in [0.15, 0.2) is 0 Å². The summed E-state index contributed by atoms with van der Waals surface area (Å²) in [7, 11) is 3.80. The van der Waals surface area contributed by atoms with Crippen molar-refractivity contribution >= 4 is 28.5 Å². The average Bonchev–Trinajstić information content (AvgIpc) is 3.31. The minimum atomic E-state index is -1.11. The smallest absolute Gasteiger partial charge is 0.371 e. The molecule has 1 aliphatic heterocycles. The summed E-state index contributed by atoms with van der Waals surface area (Å²) in [5.41, 5.74) is 1.15. The fourth-order valence-corrected chi connectivity index (χ4v) is 5.06. The van der Waals surface area contributed by atoms with Crippen LogP contribution in [0.4, 0.5) is 5.69 Å². The number of anilines is 1. The number of carboxylic acids is 1. The first-order valence-electron chi connectivity index (χ1n) is 10.3. The van der Waals surface area contributed by atoms with E-state index >= 15 is 0 Å². The van der Waals surface area contributed by atoms with Crippen molar-refractivity contribution in [3.63, 3.8) is 0 Å². The number of nitrogens with one attached hydrogen (secondary N) is 1. The fourth-order valence-electron chi connectivity index (χ4n) is 5.06. The molecule has 7 nitrogen and oxygen atoms in total. The highest BCUT2D eigenvalue weighted by atomic mass is 16.5. The molecule has 0 bridgehead atoms. The van der Waals surface area contributed by atoms with Gasteiger partial charge in [-0.1, -0.05) is 0 Å². The van der Waals surface area contributed by atoms with E-state index in [4.69, 9.17) is 14.3 Å². The maximum atomic E-state index is 13.2. The predicted octanol–water partition coefficient (Wildman–Crippen LogP) is 3.60. The number of fused-ring (bicyclic) bond motifs is 1. The molecule has 2 atom stereocenters. The quantitative estimate of drug-likeness (QED) is 0.797. The van der Waals surface area contributed by atoms with E-state index < -0.39 is 5.97 Å². The first-order valence-corrected chi connectivity index (χ1v) is 10.3. The van der Waals surface area contributed by atoms with E-state index in [2.05, 4.69) is 10.2 Å². The zero-order chi connectivity index (χ0) is 20.5. The zero-order valence-corrected chi connectivity index (χ0v) is 16.9. The molecule has 156 valence electrons. The van der Waals surface area contributed by atoms with E-state index in [0.29, 0.717) is 34.6 Å². The molecule has 1 amide bonds. The van der Waals surface area contributed by atoms with E-state index in [0.717, 1.165) is 38.6 Å². The van der Waals surface area contributed by atoms with Crippen LogP contribution in [0.25, 0.3) is 11.0 Å². The van der Waals surface area contributed by atoms with Gasteiger partial charge in [0.25, 0.3) is 0 Å². The van der Waals surface area contributed by atoms with Gasteiger partial charge in [-0.25, -0.2) is 4.79 Å². The molecule has 1 aromatic carbocycles. The summed E-state index contributed by atoms with van der Waals surface area (Å²) >= 11 is 0. The molecule has 1 aromatic heterocycles. The number of hydrogen-bond acceptors (Lipinski definition) is 5. The summed E-state index contributed by atoms with van der Waals surface area (Å²) in [6, 6.07) is 6.54. The molecular weight excluding hydrogens is 372 g/mol. The van der Waals surface area contributed by atoms with Crippen molar-refractivity contribution in [1.29, 1.82) is 0 Å². The number of likely N-dealkylation sites (tertiary alicyclic amines) is 1. The van der Waals surface area contributed by atoms with Gasteiger partial charge in [0, 0.05) is 18.2 Å². The molecule has 7 heteroatoms. The number of hydrogen-bond donors (Lipinski definition) is 2. The highest BCUT2D eigenvalue weighted by Gasteiger charge is 2.42. The van der Waals surface area contributed by atoms with Crippen LogP contribution < -0.4 is 5.32 Å². The fraction of sp³-hybridized carbons (Fsp3) is 0.545. The van der Waals surface area contributed by atoms with Crippen molar-refractivity contribution in [3.8, 4) is 0 Å². The first-order chi connectivity index (χ1) is 14.0. The SMILES string of the molecule is COC1CCC(C2CCN(C)C2C(=O)Nc2ccc3oc(C(=O)O)cc3c2)CC1. The highest BCUT2D eigenvalue weighted by molar-refractivity contribution is 5.98. The van der Waals surface area contributed by atoms with Crippen LogP contribution in [0.5, 0.6) is 0 Å². The summed E-state index contributed by atoms with van der Waals surface area (Å²) in [6.45, 7) is 0.926. The third-order valence-electron chi connectivity index (χ3n) is 6.62.